The number of terminal acetylenes is 1. The lowest BCUT2D eigenvalue weighted by molar-refractivity contribution is -0.0230. The molecule has 9 heteroatoms. The molecule has 138 valence electrons. The second-order valence-electron chi connectivity index (χ2n) is 6.18. The van der Waals surface area contributed by atoms with Crippen molar-refractivity contribution < 1.29 is 19.3 Å². The fourth-order valence-electron chi connectivity index (χ4n) is 3.03. The van der Waals surface area contributed by atoms with Crippen molar-refractivity contribution in [1.82, 2.24) is 19.5 Å². The molecule has 8 nitrogen and oxygen atoms in total. The van der Waals surface area contributed by atoms with E-state index in [-0.39, 0.29) is 5.82 Å². The zero-order valence-electron chi connectivity index (χ0n) is 14.2. The highest BCUT2D eigenvalue weighted by atomic mass is 19.1. The molecule has 0 spiro atoms. The lowest BCUT2D eigenvalue weighted by Crippen LogP contribution is -2.30. The molecular weight excluding hydrogens is 353 g/mol. The number of rotatable bonds is 3. The first-order valence-electron chi connectivity index (χ1n) is 8.18. The molecule has 1 fully saturated rings. The number of aromatic nitrogens is 4. The molecule has 1 aliphatic heterocycles. The van der Waals surface area contributed by atoms with Crippen molar-refractivity contribution >= 4 is 22.7 Å². The summed E-state index contributed by atoms with van der Waals surface area (Å²) in [7, 11) is 0. The molecule has 27 heavy (non-hydrogen) atoms. The molecule has 1 saturated heterocycles. The first-order valence-corrected chi connectivity index (χ1v) is 8.18. The fourth-order valence-corrected chi connectivity index (χ4v) is 3.03. The summed E-state index contributed by atoms with van der Waals surface area (Å²) in [5.41, 5.74) is 1.76. The van der Waals surface area contributed by atoms with Crippen LogP contribution in [0.2, 0.25) is 0 Å². The largest absolute Gasteiger partial charge is 0.386 e. The molecule has 0 radical (unpaired) electrons. The van der Waals surface area contributed by atoms with E-state index in [2.05, 4.69) is 26.2 Å². The number of ether oxygens (including phenoxy) is 1. The van der Waals surface area contributed by atoms with E-state index < -0.39 is 24.5 Å². The molecule has 0 bridgehead atoms. The van der Waals surface area contributed by atoms with Crippen LogP contribution in [0.4, 0.5) is 15.9 Å². The molecule has 2 aromatic heterocycles. The van der Waals surface area contributed by atoms with Crippen LogP contribution in [0.25, 0.3) is 11.2 Å². The molecule has 4 rings (SSSR count). The van der Waals surface area contributed by atoms with E-state index in [0.717, 1.165) is 0 Å². The highest BCUT2D eigenvalue weighted by Crippen LogP contribution is 2.32. The minimum atomic E-state index is -1.24. The van der Waals surface area contributed by atoms with E-state index in [1.54, 1.807) is 19.1 Å². The summed E-state index contributed by atoms with van der Waals surface area (Å²) in [5, 5.41) is 23.3. The van der Waals surface area contributed by atoms with Crippen molar-refractivity contribution in [2.24, 2.45) is 0 Å². The van der Waals surface area contributed by atoms with Gasteiger partial charge in [-0.05, 0) is 19.1 Å². The fraction of sp³-hybridized carbons (Fsp3) is 0.278. The second kappa shape index (κ2) is 6.59. The molecule has 0 unspecified atom stereocenters. The average Bonchev–Trinajstić information content (AvgIpc) is 3.21. The number of halogens is 1. The van der Waals surface area contributed by atoms with Crippen LogP contribution < -0.4 is 5.32 Å². The van der Waals surface area contributed by atoms with Gasteiger partial charge in [0, 0.05) is 11.3 Å². The van der Waals surface area contributed by atoms with Gasteiger partial charge in [0.25, 0.3) is 0 Å². The molecule has 3 heterocycles. The minimum Gasteiger partial charge on any atom is -0.386 e. The Morgan fingerprint density at radius 3 is 2.81 bits per heavy atom. The van der Waals surface area contributed by atoms with Gasteiger partial charge in [-0.25, -0.2) is 19.3 Å². The highest BCUT2D eigenvalue weighted by Gasteiger charge is 2.43. The summed E-state index contributed by atoms with van der Waals surface area (Å²) in [4.78, 5) is 12.6. The average molecular weight is 369 g/mol. The van der Waals surface area contributed by atoms with Gasteiger partial charge in [-0.3, -0.25) is 4.57 Å². The lowest BCUT2D eigenvalue weighted by Gasteiger charge is -2.16. The van der Waals surface area contributed by atoms with Crippen LogP contribution in [0.5, 0.6) is 0 Å². The molecule has 3 N–H and O–H groups in total. The molecule has 1 aliphatic rings. The molecule has 3 aromatic rings. The molecule has 0 saturated carbocycles. The minimum absolute atomic E-state index is 0.340. The zero-order chi connectivity index (χ0) is 19.1. The third-order valence-electron chi connectivity index (χ3n) is 4.56. The molecule has 4 atom stereocenters. The van der Waals surface area contributed by atoms with Crippen LogP contribution in [0.1, 0.15) is 11.8 Å². The van der Waals surface area contributed by atoms with E-state index in [1.807, 2.05) is 0 Å². The summed E-state index contributed by atoms with van der Waals surface area (Å²) < 4.78 is 20.8. The predicted molar refractivity (Wildman–Crippen MR) is 94.5 cm³/mol. The van der Waals surface area contributed by atoms with Gasteiger partial charge >= 0.3 is 0 Å². The van der Waals surface area contributed by atoms with Crippen LogP contribution in [0.15, 0.2) is 30.9 Å². The van der Waals surface area contributed by atoms with Crippen molar-refractivity contribution in [2.75, 3.05) is 5.32 Å². The van der Waals surface area contributed by atoms with Crippen LogP contribution in [-0.4, -0.2) is 48.0 Å². The number of nitrogens with zero attached hydrogens (tertiary/aromatic N) is 4. The van der Waals surface area contributed by atoms with Gasteiger partial charge in [-0.2, -0.15) is 0 Å². The lowest BCUT2D eigenvalue weighted by atomic mass is 10.1. The Hall–Kier alpha value is -3.06. The Labute approximate surface area is 153 Å². The summed E-state index contributed by atoms with van der Waals surface area (Å²) >= 11 is 0. The number of benzene rings is 1. The maximum absolute atomic E-state index is 13.8. The second-order valence-corrected chi connectivity index (χ2v) is 6.18. The normalized spacial score (nSPS) is 24.9. The van der Waals surface area contributed by atoms with Crippen molar-refractivity contribution in [2.45, 2.75) is 31.5 Å². The number of aliphatic hydroxyl groups excluding tert-OH is 2. The van der Waals surface area contributed by atoms with Gasteiger partial charge in [-0.1, -0.05) is 12.0 Å². The topological polar surface area (TPSA) is 105 Å². The molecule has 0 amide bonds. The van der Waals surface area contributed by atoms with Crippen LogP contribution >= 0.6 is 0 Å². The number of hydrogen-bond donors (Lipinski definition) is 3. The number of fused-ring (bicyclic) bond motifs is 1. The first-order chi connectivity index (χ1) is 13.0. The maximum Gasteiger partial charge on any atom is 0.167 e. The molecular formula is C18H16FN5O3. The van der Waals surface area contributed by atoms with E-state index in [0.29, 0.717) is 28.2 Å². The summed E-state index contributed by atoms with van der Waals surface area (Å²) in [5.74, 6) is 2.32. The van der Waals surface area contributed by atoms with Crippen molar-refractivity contribution in [3.05, 3.63) is 42.2 Å². The third-order valence-corrected chi connectivity index (χ3v) is 4.56. The van der Waals surface area contributed by atoms with Crippen LogP contribution in [-0.2, 0) is 4.74 Å². The Bertz CT molecular complexity index is 1050. The zero-order valence-corrected chi connectivity index (χ0v) is 14.2. The monoisotopic (exact) mass is 369 g/mol. The summed E-state index contributed by atoms with van der Waals surface area (Å²) in [6.45, 7) is 1.65. The Balaban J connectivity index is 1.73. The number of aliphatic hydroxyl groups is 2. The smallest absolute Gasteiger partial charge is 0.167 e. The van der Waals surface area contributed by atoms with E-state index in [4.69, 9.17) is 11.2 Å². The van der Waals surface area contributed by atoms with Crippen LogP contribution in [0, 0.1) is 25.1 Å². The van der Waals surface area contributed by atoms with E-state index in [1.165, 1.54) is 23.3 Å². The Morgan fingerprint density at radius 1 is 1.26 bits per heavy atom. The van der Waals surface area contributed by atoms with Gasteiger partial charge in [0.1, 0.15) is 30.5 Å². The first kappa shape index (κ1) is 17.4. The Kier molecular flexibility index (Phi) is 4.24. The van der Waals surface area contributed by atoms with Crippen molar-refractivity contribution in [3.8, 4) is 12.3 Å². The van der Waals surface area contributed by atoms with E-state index in [9.17, 15) is 14.6 Å². The molecule has 0 aliphatic carbocycles. The SMILES string of the molecule is C#C[C@H]1O[C@@H](n2cnc3c(Nc4cccc(F)c4C)ncnc32)[C@H](O)[C@@H]1O. The summed E-state index contributed by atoms with van der Waals surface area (Å²) in [6, 6.07) is 4.68. The predicted octanol–water partition coefficient (Wildman–Crippen LogP) is 1.27. The van der Waals surface area contributed by atoms with Gasteiger partial charge in [0.05, 0.1) is 6.33 Å². The maximum atomic E-state index is 13.8. The number of hydrogen-bond acceptors (Lipinski definition) is 7. The van der Waals surface area contributed by atoms with Crippen molar-refractivity contribution in [1.29, 1.82) is 0 Å². The third kappa shape index (κ3) is 2.80. The van der Waals surface area contributed by atoms with Crippen LogP contribution in [0.3, 0.4) is 0 Å². The molecule has 1 aromatic carbocycles. The standard InChI is InChI=1S/C18H16FN5O3/c1-3-12-14(25)15(26)18(27-12)24-8-22-13-16(20-7-21-17(13)24)23-11-6-4-5-10(19)9(11)2/h1,4-8,12,14-15,18,25-26H,2H3,(H,20,21,23)/t12-,14-,15-,18-/m1/s1. The quantitative estimate of drug-likeness (QED) is 0.597. The number of nitrogens with one attached hydrogen (secondary N) is 1. The number of imidazole rings is 1. The van der Waals surface area contributed by atoms with Gasteiger partial charge < -0.3 is 20.3 Å². The van der Waals surface area contributed by atoms with Gasteiger partial charge in [0.15, 0.2) is 23.2 Å². The Morgan fingerprint density at radius 2 is 2.07 bits per heavy atom. The van der Waals surface area contributed by atoms with Gasteiger partial charge in [-0.15, -0.1) is 6.42 Å². The number of anilines is 2. The van der Waals surface area contributed by atoms with E-state index >= 15 is 0 Å². The van der Waals surface area contributed by atoms with Crippen molar-refractivity contribution in [3.63, 3.8) is 0 Å². The van der Waals surface area contributed by atoms with Gasteiger partial charge in [0.2, 0.25) is 0 Å². The summed E-state index contributed by atoms with van der Waals surface area (Å²) in [6.07, 6.45) is 3.72. The highest BCUT2D eigenvalue weighted by molar-refractivity contribution is 5.85.